The van der Waals surface area contributed by atoms with E-state index in [1.807, 2.05) is 28.6 Å². The number of anilines is 1. The lowest BCUT2D eigenvalue weighted by molar-refractivity contribution is -0.141. The van der Waals surface area contributed by atoms with Gasteiger partial charge in [0.25, 0.3) is 0 Å². The Labute approximate surface area is 226 Å². The van der Waals surface area contributed by atoms with E-state index >= 15 is 0 Å². The average molecular weight is 532 g/mol. The summed E-state index contributed by atoms with van der Waals surface area (Å²) in [4.78, 5) is 36.9. The van der Waals surface area contributed by atoms with Gasteiger partial charge in [-0.25, -0.2) is 4.98 Å². The Morgan fingerprint density at radius 1 is 1.05 bits per heavy atom. The van der Waals surface area contributed by atoms with Crippen molar-refractivity contribution in [3.8, 4) is 22.4 Å². The number of hydrogen-bond donors (Lipinski definition) is 1. The van der Waals surface area contributed by atoms with Crippen molar-refractivity contribution >= 4 is 28.3 Å². The minimum absolute atomic E-state index is 0.0734. The number of hydrogen-bond acceptors (Lipinski definition) is 6. The third kappa shape index (κ3) is 5.38. The number of rotatable bonds is 10. The van der Waals surface area contributed by atoms with Crippen LogP contribution in [-0.4, -0.2) is 46.2 Å². The van der Waals surface area contributed by atoms with Crippen molar-refractivity contribution in [1.29, 1.82) is 0 Å². The second-order valence-electron chi connectivity index (χ2n) is 10.9. The number of benzene rings is 1. The number of amides is 1. The molecule has 0 spiro atoms. The highest BCUT2D eigenvalue weighted by Gasteiger charge is 2.40. The van der Waals surface area contributed by atoms with Gasteiger partial charge in [0.1, 0.15) is 0 Å². The van der Waals surface area contributed by atoms with Crippen molar-refractivity contribution in [3.63, 3.8) is 0 Å². The van der Waals surface area contributed by atoms with E-state index in [1.165, 1.54) is 24.2 Å². The smallest absolute Gasteiger partial charge is 0.304 e. The van der Waals surface area contributed by atoms with Gasteiger partial charge in [-0.1, -0.05) is 56.0 Å². The van der Waals surface area contributed by atoms with Crippen LogP contribution in [0.1, 0.15) is 63.0 Å². The van der Waals surface area contributed by atoms with Gasteiger partial charge in [0.2, 0.25) is 5.91 Å². The van der Waals surface area contributed by atoms with Crippen LogP contribution >= 0.6 is 11.3 Å². The summed E-state index contributed by atoms with van der Waals surface area (Å²) in [6, 6.07) is 12.4. The lowest BCUT2D eigenvalue weighted by atomic mass is 9.90. The first-order chi connectivity index (χ1) is 18.6. The van der Waals surface area contributed by atoms with E-state index in [0.29, 0.717) is 23.4 Å². The standard InChI is InChI=1S/C30H33N3O4S/c34-28(35)14-21(13-19-5-1-2-6-19)29(36)33(23-10-11-23)30-32-27(18-38-30)25-8-4-3-7-24(25)20-9-12-26(31-15-20)22-16-37-17-22/h3-4,7-9,12,15,18-19,21-23H,1-2,5-6,10-11,13-14,16-17H2,(H,34,35). The molecule has 3 aromatic rings. The van der Waals surface area contributed by atoms with Crippen molar-refractivity contribution in [2.75, 3.05) is 18.1 Å². The topological polar surface area (TPSA) is 92.6 Å². The molecule has 0 radical (unpaired) electrons. The van der Waals surface area contributed by atoms with Crippen LogP contribution in [0.25, 0.3) is 22.4 Å². The largest absolute Gasteiger partial charge is 0.481 e. The summed E-state index contributed by atoms with van der Waals surface area (Å²) in [5, 5.41) is 12.3. The van der Waals surface area contributed by atoms with Gasteiger partial charge in [-0.05, 0) is 36.8 Å². The Morgan fingerprint density at radius 3 is 2.45 bits per heavy atom. The summed E-state index contributed by atoms with van der Waals surface area (Å²) < 4.78 is 5.30. The molecule has 1 saturated heterocycles. The summed E-state index contributed by atoms with van der Waals surface area (Å²) in [5.74, 6) is -0.655. The van der Waals surface area contributed by atoms with Crippen LogP contribution in [0.5, 0.6) is 0 Å². The van der Waals surface area contributed by atoms with Crippen LogP contribution < -0.4 is 4.90 Å². The van der Waals surface area contributed by atoms with Crippen LogP contribution in [0.3, 0.4) is 0 Å². The first kappa shape index (κ1) is 25.2. The quantitative estimate of drug-likeness (QED) is 0.337. The average Bonchev–Trinajstić information content (AvgIpc) is 3.36. The number of aliphatic carboxylic acids is 1. The van der Waals surface area contributed by atoms with Crippen LogP contribution in [0.15, 0.2) is 48.0 Å². The summed E-state index contributed by atoms with van der Waals surface area (Å²) in [6.45, 7) is 1.46. The van der Waals surface area contributed by atoms with E-state index in [-0.39, 0.29) is 18.4 Å². The van der Waals surface area contributed by atoms with Crippen molar-refractivity contribution in [2.45, 2.75) is 63.3 Å². The highest BCUT2D eigenvalue weighted by molar-refractivity contribution is 7.14. The Balaban J connectivity index is 1.26. The monoisotopic (exact) mass is 531 g/mol. The number of carbonyl (C=O) groups excluding carboxylic acids is 1. The number of thiazole rings is 1. The van der Waals surface area contributed by atoms with Crippen molar-refractivity contribution in [2.24, 2.45) is 11.8 Å². The van der Waals surface area contributed by atoms with Crippen LogP contribution in [0, 0.1) is 11.8 Å². The molecule has 2 saturated carbocycles. The maximum absolute atomic E-state index is 13.8. The maximum atomic E-state index is 13.8. The van der Waals surface area contributed by atoms with Crippen LogP contribution in [-0.2, 0) is 14.3 Å². The molecule has 1 atom stereocenters. The fraction of sp³-hybridized carbons (Fsp3) is 0.467. The Bertz CT molecular complexity index is 1290. The lowest BCUT2D eigenvalue weighted by Gasteiger charge is -2.26. The van der Waals surface area contributed by atoms with Crippen LogP contribution in [0.4, 0.5) is 5.13 Å². The highest BCUT2D eigenvalue weighted by atomic mass is 32.1. The van der Waals surface area contributed by atoms with Gasteiger partial charge >= 0.3 is 5.97 Å². The lowest BCUT2D eigenvalue weighted by Crippen LogP contribution is -2.39. The number of carbonyl (C=O) groups is 2. The van der Waals surface area contributed by atoms with Gasteiger partial charge in [-0.2, -0.15) is 0 Å². The maximum Gasteiger partial charge on any atom is 0.304 e. The molecule has 8 heteroatoms. The fourth-order valence-electron chi connectivity index (χ4n) is 5.76. The van der Waals surface area contributed by atoms with Crippen molar-refractivity contribution in [3.05, 3.63) is 53.7 Å². The van der Waals surface area contributed by atoms with Gasteiger partial charge < -0.3 is 9.84 Å². The Kier molecular flexibility index (Phi) is 7.26. The molecule has 0 bridgehead atoms. The van der Waals surface area contributed by atoms with Gasteiger partial charge in [-0.3, -0.25) is 19.5 Å². The molecule has 3 heterocycles. The summed E-state index contributed by atoms with van der Waals surface area (Å²) in [7, 11) is 0. The zero-order valence-electron chi connectivity index (χ0n) is 21.4. The van der Waals surface area contributed by atoms with Gasteiger partial charge in [0.05, 0.1) is 25.3 Å². The van der Waals surface area contributed by atoms with E-state index in [1.54, 1.807) is 0 Å². The Morgan fingerprint density at radius 2 is 1.82 bits per heavy atom. The third-order valence-corrected chi connectivity index (χ3v) is 8.91. The van der Waals surface area contributed by atoms with Crippen molar-refractivity contribution in [1.82, 2.24) is 9.97 Å². The van der Waals surface area contributed by atoms with Crippen molar-refractivity contribution < 1.29 is 19.4 Å². The number of pyridine rings is 1. The SMILES string of the molecule is O=C(O)CC(CC1CCCC1)C(=O)N(c1nc(-c2ccccc2-c2ccc(C3COC3)nc2)cs1)C1CC1. The Hall–Kier alpha value is -3.10. The number of ether oxygens (including phenoxy) is 1. The molecule has 3 aliphatic rings. The highest BCUT2D eigenvalue weighted by Crippen LogP contribution is 2.40. The second kappa shape index (κ2) is 10.9. The third-order valence-electron chi connectivity index (χ3n) is 8.07. The molecular weight excluding hydrogens is 498 g/mol. The van der Waals surface area contributed by atoms with E-state index in [9.17, 15) is 14.7 Å². The molecule has 6 rings (SSSR count). The van der Waals surface area contributed by atoms with Gasteiger partial charge in [0, 0.05) is 46.3 Å². The molecule has 7 nitrogen and oxygen atoms in total. The molecule has 198 valence electrons. The molecular formula is C30H33N3O4S. The van der Waals surface area contributed by atoms with E-state index in [4.69, 9.17) is 9.72 Å². The number of carboxylic acids is 1. The zero-order valence-corrected chi connectivity index (χ0v) is 22.2. The van der Waals surface area contributed by atoms with Crippen LogP contribution in [0.2, 0.25) is 0 Å². The first-order valence-electron chi connectivity index (χ1n) is 13.7. The fourth-order valence-corrected chi connectivity index (χ4v) is 6.66. The zero-order chi connectivity index (χ0) is 26.1. The van der Waals surface area contributed by atoms with E-state index < -0.39 is 11.9 Å². The number of carboxylic acid groups (broad SMARTS) is 1. The predicted octanol–water partition coefficient (Wildman–Crippen LogP) is 6.15. The number of aromatic nitrogens is 2. The summed E-state index contributed by atoms with van der Waals surface area (Å²) >= 11 is 1.47. The minimum Gasteiger partial charge on any atom is -0.481 e. The van der Waals surface area contributed by atoms with Gasteiger partial charge in [0.15, 0.2) is 5.13 Å². The normalized spacial score (nSPS) is 18.7. The molecule has 1 aromatic carbocycles. The molecule has 1 amide bonds. The molecule has 3 fully saturated rings. The number of nitrogens with zero attached hydrogens (tertiary/aromatic N) is 3. The van der Waals surface area contributed by atoms with Gasteiger partial charge in [-0.15, -0.1) is 11.3 Å². The molecule has 1 unspecified atom stereocenters. The molecule has 1 N–H and O–H groups in total. The molecule has 1 aliphatic heterocycles. The minimum atomic E-state index is -0.907. The molecule has 38 heavy (non-hydrogen) atoms. The summed E-state index contributed by atoms with van der Waals surface area (Å²) in [6.07, 6.45) is 8.86. The van der Waals surface area contributed by atoms with E-state index in [2.05, 4.69) is 29.2 Å². The first-order valence-corrected chi connectivity index (χ1v) is 14.6. The second-order valence-corrected chi connectivity index (χ2v) is 11.7. The molecule has 2 aliphatic carbocycles. The van der Waals surface area contributed by atoms with E-state index in [0.717, 1.165) is 67.0 Å². The summed E-state index contributed by atoms with van der Waals surface area (Å²) in [5.41, 5.74) is 4.93. The predicted molar refractivity (Wildman–Crippen MR) is 147 cm³/mol. The molecule has 2 aromatic heterocycles.